The summed E-state index contributed by atoms with van der Waals surface area (Å²) in [7, 11) is 0. The van der Waals surface area contributed by atoms with Crippen molar-refractivity contribution in [3.05, 3.63) is 119 Å². The highest BCUT2D eigenvalue weighted by Crippen LogP contribution is 2.30. The number of imidazole rings is 1. The van der Waals surface area contributed by atoms with E-state index < -0.39 is 23.4 Å². The highest BCUT2D eigenvalue weighted by atomic mass is 19.2. The molecule has 0 fully saturated rings. The van der Waals surface area contributed by atoms with Gasteiger partial charge in [-0.1, -0.05) is 60.7 Å². The van der Waals surface area contributed by atoms with E-state index in [1.807, 2.05) is 60.7 Å². The lowest BCUT2D eigenvalue weighted by Gasteiger charge is -2.10. The Labute approximate surface area is 204 Å². The molecule has 0 atom stereocenters. The first-order chi connectivity index (χ1) is 17.4. The Balaban J connectivity index is 1.74. The van der Waals surface area contributed by atoms with Crippen molar-refractivity contribution in [1.29, 1.82) is 0 Å². The minimum absolute atomic E-state index is 0.200. The monoisotopic (exact) mass is 487 g/mol. The Hall–Kier alpha value is -4.46. The van der Waals surface area contributed by atoms with Gasteiger partial charge in [-0.3, -0.25) is 9.20 Å². The van der Waals surface area contributed by atoms with Crippen LogP contribution in [0.5, 0.6) is 5.88 Å². The third-order valence-corrected chi connectivity index (χ3v) is 5.65. The molecule has 0 amide bonds. The third-order valence-electron chi connectivity index (χ3n) is 5.65. The summed E-state index contributed by atoms with van der Waals surface area (Å²) in [6.45, 7) is 1.29. The number of carbonyl (C=O) groups excluding carboxylic acids is 1. The van der Waals surface area contributed by atoms with Crippen LogP contribution in [0.1, 0.15) is 29.4 Å². The van der Waals surface area contributed by atoms with Crippen molar-refractivity contribution in [2.75, 3.05) is 0 Å². The van der Waals surface area contributed by atoms with E-state index in [-0.39, 0.29) is 23.6 Å². The summed E-state index contributed by atoms with van der Waals surface area (Å²) in [4.78, 5) is 21.3. The van der Waals surface area contributed by atoms with E-state index >= 15 is 0 Å². The fraction of sp³-hybridized carbons (Fsp3) is 0.107. The highest BCUT2D eigenvalue weighted by Gasteiger charge is 2.22. The molecule has 0 aliphatic rings. The Morgan fingerprint density at radius 1 is 0.889 bits per heavy atom. The molecule has 5 rings (SSSR count). The molecule has 0 unspecified atom stereocenters. The van der Waals surface area contributed by atoms with Gasteiger partial charge in [-0.05, 0) is 17.2 Å². The average molecular weight is 487 g/mol. The molecule has 2 heterocycles. The molecule has 2 aromatic heterocycles. The molecule has 0 spiro atoms. The number of esters is 1. The Kier molecular flexibility index (Phi) is 6.25. The van der Waals surface area contributed by atoms with E-state index in [2.05, 4.69) is 9.97 Å². The van der Waals surface area contributed by atoms with Crippen LogP contribution in [0.2, 0.25) is 0 Å². The number of nitrogens with zero attached hydrogens (tertiary/aromatic N) is 3. The normalized spacial score (nSPS) is 11.1. The summed E-state index contributed by atoms with van der Waals surface area (Å²) < 4.78 is 49.6. The molecule has 5 nitrogen and oxygen atoms in total. The zero-order valence-corrected chi connectivity index (χ0v) is 19.2. The number of rotatable bonds is 6. The van der Waals surface area contributed by atoms with Crippen LogP contribution in [-0.2, 0) is 17.6 Å². The Morgan fingerprint density at radius 2 is 1.58 bits per heavy atom. The van der Waals surface area contributed by atoms with E-state index in [1.54, 1.807) is 10.6 Å². The van der Waals surface area contributed by atoms with Crippen molar-refractivity contribution in [2.24, 2.45) is 0 Å². The Bertz CT molecular complexity index is 1570. The maximum atomic E-state index is 14.6. The quantitative estimate of drug-likeness (QED) is 0.220. The number of aromatic nitrogens is 3. The maximum absolute atomic E-state index is 14.6. The number of halogens is 3. The number of hydrogen-bond donors (Lipinski definition) is 0. The van der Waals surface area contributed by atoms with Crippen LogP contribution in [0, 0.1) is 17.5 Å². The SMILES string of the molecule is CC(=O)Oc1c(Cc2ccccc2)nc2c(Cc3cc(F)cc(F)c3F)nc(-c3ccccc3)cn12. The summed E-state index contributed by atoms with van der Waals surface area (Å²) >= 11 is 0. The van der Waals surface area contributed by atoms with Gasteiger partial charge in [-0.15, -0.1) is 0 Å². The van der Waals surface area contributed by atoms with Gasteiger partial charge in [0.15, 0.2) is 17.3 Å². The standard InChI is InChI=1S/C28H20F3N3O2/c1-17(35)36-28-24(12-18-8-4-2-5-9-18)33-27-23(14-20-13-21(29)15-22(30)26(20)31)32-25(16-34(27)28)19-10-6-3-7-11-19/h2-11,13,15-16H,12,14H2,1H3. The van der Waals surface area contributed by atoms with Crippen molar-refractivity contribution < 1.29 is 22.7 Å². The van der Waals surface area contributed by atoms with Gasteiger partial charge in [0.05, 0.1) is 11.4 Å². The maximum Gasteiger partial charge on any atom is 0.309 e. The van der Waals surface area contributed by atoms with Crippen LogP contribution in [-0.4, -0.2) is 20.3 Å². The number of benzene rings is 3. The van der Waals surface area contributed by atoms with Crippen molar-refractivity contribution in [3.8, 4) is 17.1 Å². The van der Waals surface area contributed by atoms with E-state index in [0.29, 0.717) is 29.5 Å². The lowest BCUT2D eigenvalue weighted by Crippen LogP contribution is -2.08. The second-order valence-corrected chi connectivity index (χ2v) is 8.29. The molecule has 0 aliphatic heterocycles. The van der Waals surface area contributed by atoms with Crippen LogP contribution in [0.3, 0.4) is 0 Å². The predicted octanol–water partition coefficient (Wildman–Crippen LogP) is 5.92. The van der Waals surface area contributed by atoms with Gasteiger partial charge in [0, 0.05) is 37.6 Å². The zero-order chi connectivity index (χ0) is 25.2. The molecule has 0 radical (unpaired) electrons. The summed E-state index contributed by atoms with van der Waals surface area (Å²) in [5.74, 6) is -3.67. The van der Waals surface area contributed by atoms with Gasteiger partial charge >= 0.3 is 5.97 Å². The minimum Gasteiger partial charge on any atom is -0.407 e. The lowest BCUT2D eigenvalue weighted by atomic mass is 10.1. The lowest BCUT2D eigenvalue weighted by molar-refractivity contribution is -0.132. The molecule has 0 N–H and O–H groups in total. The third kappa shape index (κ3) is 4.70. The zero-order valence-electron chi connectivity index (χ0n) is 19.2. The van der Waals surface area contributed by atoms with E-state index in [4.69, 9.17) is 4.74 Å². The van der Waals surface area contributed by atoms with Crippen molar-refractivity contribution >= 4 is 11.6 Å². The van der Waals surface area contributed by atoms with Crippen molar-refractivity contribution in [1.82, 2.24) is 14.4 Å². The number of fused-ring (bicyclic) bond motifs is 1. The topological polar surface area (TPSA) is 56.5 Å². The summed E-state index contributed by atoms with van der Waals surface area (Å²) in [6, 6.07) is 20.1. The highest BCUT2D eigenvalue weighted by molar-refractivity contribution is 5.71. The molecular formula is C28H20F3N3O2. The molecule has 8 heteroatoms. The molecule has 180 valence electrons. The van der Waals surface area contributed by atoms with E-state index in [0.717, 1.165) is 17.2 Å². The largest absolute Gasteiger partial charge is 0.407 e. The number of ether oxygens (including phenoxy) is 1. The predicted molar refractivity (Wildman–Crippen MR) is 128 cm³/mol. The van der Waals surface area contributed by atoms with Gasteiger partial charge in [-0.2, -0.15) is 0 Å². The second-order valence-electron chi connectivity index (χ2n) is 8.29. The van der Waals surface area contributed by atoms with Crippen LogP contribution in [0.4, 0.5) is 13.2 Å². The first kappa shape index (κ1) is 23.3. The van der Waals surface area contributed by atoms with Crippen molar-refractivity contribution in [2.45, 2.75) is 19.8 Å². The summed E-state index contributed by atoms with van der Waals surface area (Å²) in [6.07, 6.45) is 1.80. The molecule has 0 bridgehead atoms. The minimum atomic E-state index is -1.28. The van der Waals surface area contributed by atoms with Crippen LogP contribution in [0.25, 0.3) is 16.9 Å². The van der Waals surface area contributed by atoms with Gasteiger partial charge in [0.25, 0.3) is 0 Å². The fourth-order valence-corrected chi connectivity index (χ4v) is 4.07. The molecule has 0 saturated carbocycles. The summed E-state index contributed by atoms with van der Waals surface area (Å²) in [5.41, 5.74) is 3.01. The summed E-state index contributed by atoms with van der Waals surface area (Å²) in [5, 5.41) is 0. The fourth-order valence-electron chi connectivity index (χ4n) is 4.07. The molecular weight excluding hydrogens is 467 g/mol. The van der Waals surface area contributed by atoms with E-state index in [1.165, 1.54) is 6.92 Å². The van der Waals surface area contributed by atoms with Crippen LogP contribution >= 0.6 is 0 Å². The smallest absolute Gasteiger partial charge is 0.309 e. The van der Waals surface area contributed by atoms with Gasteiger partial charge in [-0.25, -0.2) is 23.1 Å². The second kappa shape index (κ2) is 9.65. The first-order valence-electron chi connectivity index (χ1n) is 11.2. The molecule has 3 aromatic carbocycles. The molecule has 36 heavy (non-hydrogen) atoms. The molecule has 0 saturated heterocycles. The van der Waals surface area contributed by atoms with Crippen LogP contribution in [0.15, 0.2) is 79.0 Å². The number of carbonyl (C=O) groups is 1. The van der Waals surface area contributed by atoms with Gasteiger partial charge in [0.2, 0.25) is 5.88 Å². The number of hydrogen-bond acceptors (Lipinski definition) is 4. The van der Waals surface area contributed by atoms with Gasteiger partial charge < -0.3 is 4.74 Å². The first-order valence-corrected chi connectivity index (χ1v) is 11.2. The molecule has 5 aromatic rings. The van der Waals surface area contributed by atoms with Crippen molar-refractivity contribution in [3.63, 3.8) is 0 Å². The average Bonchev–Trinajstić information content (AvgIpc) is 3.20. The van der Waals surface area contributed by atoms with E-state index in [9.17, 15) is 18.0 Å². The molecule has 0 aliphatic carbocycles. The van der Waals surface area contributed by atoms with Gasteiger partial charge in [0.1, 0.15) is 11.5 Å². The Morgan fingerprint density at radius 3 is 2.28 bits per heavy atom. The van der Waals surface area contributed by atoms with Crippen LogP contribution < -0.4 is 4.74 Å².